The first-order valence-corrected chi connectivity index (χ1v) is 15.5. The van der Waals surface area contributed by atoms with Gasteiger partial charge >= 0.3 is 18.1 Å². The third kappa shape index (κ3) is 12.7. The molecule has 0 atom stereocenters. The fourth-order valence-electron chi connectivity index (χ4n) is 4.86. The van der Waals surface area contributed by atoms with Crippen molar-refractivity contribution in [2.45, 2.75) is 96.6 Å². The second-order valence-corrected chi connectivity index (χ2v) is 10.9. The van der Waals surface area contributed by atoms with Crippen LogP contribution >= 0.6 is 0 Å². The number of halogens is 3. The molecule has 3 aromatic carbocycles. The Kier molecular flexibility index (Phi) is 14.3. The molecule has 0 saturated carbocycles. The molecule has 3 rings (SSSR count). The van der Waals surface area contributed by atoms with Crippen LogP contribution in [-0.4, -0.2) is 24.7 Å². The zero-order valence-electron chi connectivity index (χ0n) is 25.1. The second-order valence-electron chi connectivity index (χ2n) is 10.9. The van der Waals surface area contributed by atoms with E-state index in [-0.39, 0.29) is 24.3 Å². The summed E-state index contributed by atoms with van der Waals surface area (Å²) in [6.45, 7) is 2.37. The first-order chi connectivity index (χ1) is 20.8. The first-order valence-electron chi connectivity index (χ1n) is 15.5. The molecule has 43 heavy (non-hydrogen) atoms. The smallest absolute Gasteiger partial charge is 0.389 e. The van der Waals surface area contributed by atoms with Gasteiger partial charge in [-0.15, -0.1) is 0 Å². The molecule has 0 saturated heterocycles. The number of alkyl halides is 3. The highest BCUT2D eigenvalue weighted by molar-refractivity contribution is 5.96. The van der Waals surface area contributed by atoms with E-state index in [4.69, 9.17) is 9.47 Å². The Labute approximate surface area is 253 Å². The fourth-order valence-corrected chi connectivity index (χ4v) is 4.86. The van der Waals surface area contributed by atoms with Crippen LogP contribution in [-0.2, 0) is 11.2 Å². The van der Waals surface area contributed by atoms with Crippen molar-refractivity contribution in [3.63, 3.8) is 0 Å². The van der Waals surface area contributed by atoms with E-state index < -0.39 is 24.5 Å². The minimum atomic E-state index is -4.12. The quantitative estimate of drug-likeness (QED) is 0.0833. The Morgan fingerprint density at radius 3 is 1.91 bits per heavy atom. The third-order valence-electron chi connectivity index (χ3n) is 7.37. The van der Waals surface area contributed by atoms with Crippen molar-refractivity contribution in [3.05, 3.63) is 89.5 Å². The number of carbonyl (C=O) groups is 2. The van der Waals surface area contributed by atoms with Crippen LogP contribution in [0.25, 0.3) is 11.1 Å². The fraction of sp³-hybridized carbons (Fsp3) is 0.444. The average molecular weight is 597 g/mol. The highest BCUT2D eigenvalue weighted by Crippen LogP contribution is 2.25. The molecule has 232 valence electrons. The van der Waals surface area contributed by atoms with Crippen molar-refractivity contribution >= 4 is 11.9 Å². The zero-order valence-corrected chi connectivity index (χ0v) is 25.1. The highest BCUT2D eigenvalue weighted by Gasteiger charge is 2.25. The molecule has 0 aromatic heterocycles. The first kappa shape index (κ1) is 33.9. The number of hydrogen-bond donors (Lipinski definition) is 0. The van der Waals surface area contributed by atoms with Crippen molar-refractivity contribution in [3.8, 4) is 16.9 Å². The predicted octanol–water partition coefficient (Wildman–Crippen LogP) is 10.5. The number of benzene rings is 3. The summed E-state index contributed by atoms with van der Waals surface area (Å²) in [6, 6.07) is 22.1. The molecule has 0 bridgehead atoms. The number of unbranched alkanes of at least 4 members (excludes halogenated alkanes) is 9. The van der Waals surface area contributed by atoms with E-state index in [1.807, 2.05) is 12.1 Å². The molecule has 0 spiro atoms. The summed E-state index contributed by atoms with van der Waals surface area (Å²) >= 11 is 0. The monoisotopic (exact) mass is 596 g/mol. The molecule has 0 aliphatic rings. The van der Waals surface area contributed by atoms with Gasteiger partial charge in [0.15, 0.2) is 0 Å². The van der Waals surface area contributed by atoms with E-state index in [0.717, 1.165) is 17.5 Å². The van der Waals surface area contributed by atoms with Crippen LogP contribution in [0, 0.1) is 0 Å². The lowest BCUT2D eigenvalue weighted by atomic mass is 10.00. The minimum Gasteiger partial charge on any atom is -0.462 e. The summed E-state index contributed by atoms with van der Waals surface area (Å²) in [7, 11) is 0. The van der Waals surface area contributed by atoms with Gasteiger partial charge in [0.05, 0.1) is 12.2 Å². The lowest BCUT2D eigenvalue weighted by Crippen LogP contribution is -2.13. The van der Waals surface area contributed by atoms with Crippen LogP contribution in [0.2, 0.25) is 0 Å². The number of carbonyl (C=O) groups excluding carboxylic acids is 2. The van der Waals surface area contributed by atoms with Gasteiger partial charge in [-0.2, -0.15) is 13.2 Å². The topological polar surface area (TPSA) is 52.6 Å². The van der Waals surface area contributed by atoms with Crippen molar-refractivity contribution in [1.29, 1.82) is 0 Å². The van der Waals surface area contributed by atoms with Crippen LogP contribution in [0.4, 0.5) is 13.2 Å². The van der Waals surface area contributed by atoms with Crippen LogP contribution in [0.3, 0.4) is 0 Å². The van der Waals surface area contributed by atoms with Crippen molar-refractivity contribution in [2.75, 3.05) is 6.61 Å². The highest BCUT2D eigenvalue weighted by atomic mass is 19.4. The van der Waals surface area contributed by atoms with Gasteiger partial charge in [-0.05, 0) is 66.6 Å². The van der Waals surface area contributed by atoms with E-state index in [1.54, 1.807) is 24.3 Å². The van der Waals surface area contributed by atoms with Crippen LogP contribution in [0.1, 0.15) is 110 Å². The largest absolute Gasteiger partial charge is 0.462 e. The van der Waals surface area contributed by atoms with Crippen molar-refractivity contribution in [2.24, 2.45) is 0 Å². The zero-order chi connectivity index (χ0) is 30.9. The van der Waals surface area contributed by atoms with Crippen LogP contribution in [0.5, 0.6) is 5.75 Å². The number of aryl methyl sites for hydroxylation is 1. The van der Waals surface area contributed by atoms with E-state index in [0.29, 0.717) is 31.2 Å². The maximum Gasteiger partial charge on any atom is 0.389 e. The van der Waals surface area contributed by atoms with E-state index in [9.17, 15) is 22.8 Å². The summed E-state index contributed by atoms with van der Waals surface area (Å²) in [5, 5.41) is 0. The minimum absolute atomic E-state index is 0.106. The molecule has 4 nitrogen and oxygen atoms in total. The number of ether oxygens (including phenoxy) is 2. The predicted molar refractivity (Wildman–Crippen MR) is 164 cm³/mol. The lowest BCUT2D eigenvalue weighted by molar-refractivity contribution is -0.135. The molecule has 3 aromatic rings. The Hall–Kier alpha value is -3.61. The van der Waals surface area contributed by atoms with Crippen molar-refractivity contribution < 1.29 is 32.2 Å². The van der Waals surface area contributed by atoms with E-state index >= 15 is 0 Å². The van der Waals surface area contributed by atoms with Gasteiger partial charge in [0, 0.05) is 6.42 Å². The summed E-state index contributed by atoms with van der Waals surface area (Å²) in [5.41, 5.74) is 3.89. The Balaban J connectivity index is 1.45. The molecule has 7 heteroatoms. The molecule has 0 radical (unpaired) electrons. The molecule has 0 N–H and O–H groups in total. The van der Waals surface area contributed by atoms with Crippen LogP contribution < -0.4 is 4.74 Å². The molecule has 0 unspecified atom stereocenters. The summed E-state index contributed by atoms with van der Waals surface area (Å²) in [5.74, 6) is -1.09. The van der Waals surface area contributed by atoms with Gasteiger partial charge in [0.1, 0.15) is 11.3 Å². The lowest BCUT2D eigenvalue weighted by Gasteiger charge is -2.11. The number of esters is 2. The number of hydrogen-bond acceptors (Lipinski definition) is 4. The normalized spacial score (nSPS) is 11.3. The van der Waals surface area contributed by atoms with Gasteiger partial charge < -0.3 is 9.47 Å². The molecule has 0 fully saturated rings. The van der Waals surface area contributed by atoms with Crippen LogP contribution in [0.15, 0.2) is 72.8 Å². The van der Waals surface area contributed by atoms with E-state index in [1.165, 1.54) is 56.2 Å². The maximum atomic E-state index is 12.9. The molecule has 0 heterocycles. The van der Waals surface area contributed by atoms with E-state index in [2.05, 4.69) is 31.2 Å². The standard InChI is InChI=1S/C36H43F3O4/c1-2-3-4-5-7-10-15-28-18-20-29(21-19-28)30-22-24-31(25-23-30)34(40)43-33-17-12-11-16-32(33)35(41)42-27-14-9-6-8-13-26-36(37,38)39/h11-12,16-25H,2-10,13-15,26-27H2,1H3. The summed E-state index contributed by atoms with van der Waals surface area (Å²) in [6.07, 6.45) is 6.33. The van der Waals surface area contributed by atoms with Crippen molar-refractivity contribution in [1.82, 2.24) is 0 Å². The Morgan fingerprint density at radius 1 is 0.651 bits per heavy atom. The number of para-hydroxylation sites is 1. The van der Waals surface area contributed by atoms with Gasteiger partial charge in [-0.25, -0.2) is 9.59 Å². The molecule has 0 aliphatic carbocycles. The van der Waals surface area contributed by atoms with Gasteiger partial charge in [-0.1, -0.05) is 107 Å². The SMILES string of the molecule is CCCCCCCCc1ccc(-c2ccc(C(=O)Oc3ccccc3C(=O)OCCCCCCCC(F)(F)F)cc2)cc1. The maximum absolute atomic E-state index is 12.9. The number of rotatable bonds is 18. The van der Waals surface area contributed by atoms with Gasteiger partial charge in [0.2, 0.25) is 0 Å². The Morgan fingerprint density at radius 2 is 1.23 bits per heavy atom. The molecular formula is C36H43F3O4. The summed E-state index contributed by atoms with van der Waals surface area (Å²) in [4.78, 5) is 25.5. The average Bonchev–Trinajstić information content (AvgIpc) is 3.00. The summed E-state index contributed by atoms with van der Waals surface area (Å²) < 4.78 is 47.5. The van der Waals surface area contributed by atoms with Gasteiger partial charge in [-0.3, -0.25) is 0 Å². The van der Waals surface area contributed by atoms with Gasteiger partial charge in [0.25, 0.3) is 0 Å². The second kappa shape index (κ2) is 18.1. The molecule has 0 amide bonds. The molecular weight excluding hydrogens is 553 g/mol. The third-order valence-corrected chi connectivity index (χ3v) is 7.37. The molecule has 0 aliphatic heterocycles. The Bertz CT molecular complexity index is 1250.